The predicted octanol–water partition coefficient (Wildman–Crippen LogP) is 4.99. The van der Waals surface area contributed by atoms with Crippen LogP contribution in [0, 0.1) is 11.7 Å². The summed E-state index contributed by atoms with van der Waals surface area (Å²) in [5, 5.41) is 0.669. The Hall–Kier alpha value is -3.48. The Morgan fingerprint density at radius 1 is 0.861 bits per heavy atom. The molecule has 2 aromatic carbocycles. The molecule has 0 atom stereocenters. The van der Waals surface area contributed by atoms with Gasteiger partial charge in [-0.05, 0) is 73.9 Å². The molecule has 188 valence electrons. The van der Waals surface area contributed by atoms with Crippen molar-refractivity contribution >= 4 is 28.5 Å². The maximum absolute atomic E-state index is 13.4. The number of carbonyl (C=O) groups excluding carboxylic acids is 3. The van der Waals surface area contributed by atoms with E-state index in [2.05, 4.69) is 4.98 Å². The summed E-state index contributed by atoms with van der Waals surface area (Å²) in [5.74, 6) is -0.807. The number of nitrogens with one attached hydrogen (secondary N) is 1. The van der Waals surface area contributed by atoms with Crippen LogP contribution >= 0.6 is 0 Å². The maximum atomic E-state index is 13.4. The highest BCUT2D eigenvalue weighted by Crippen LogP contribution is 2.26. The van der Waals surface area contributed by atoms with Crippen molar-refractivity contribution in [1.29, 1.82) is 0 Å². The third-order valence-corrected chi connectivity index (χ3v) is 7.60. The highest BCUT2D eigenvalue weighted by atomic mass is 19.1. The molecule has 2 aliphatic heterocycles. The van der Waals surface area contributed by atoms with Gasteiger partial charge in [-0.1, -0.05) is 25.0 Å². The number of ketones is 1. The number of benzene rings is 2. The second-order valence-electron chi connectivity index (χ2n) is 10.1. The molecule has 1 aromatic heterocycles. The number of H-pyrrole nitrogens is 1. The fourth-order valence-corrected chi connectivity index (χ4v) is 5.44. The van der Waals surface area contributed by atoms with Crippen molar-refractivity contribution in [2.24, 2.45) is 5.92 Å². The van der Waals surface area contributed by atoms with E-state index in [4.69, 9.17) is 0 Å². The van der Waals surface area contributed by atoms with Gasteiger partial charge >= 0.3 is 0 Å². The van der Waals surface area contributed by atoms with Gasteiger partial charge < -0.3 is 14.8 Å². The normalized spacial score (nSPS) is 17.2. The molecule has 5 rings (SSSR count). The van der Waals surface area contributed by atoms with Gasteiger partial charge in [-0.25, -0.2) is 4.39 Å². The lowest BCUT2D eigenvalue weighted by Crippen LogP contribution is -2.38. The van der Waals surface area contributed by atoms with E-state index >= 15 is 0 Å². The van der Waals surface area contributed by atoms with E-state index in [0.717, 1.165) is 56.0 Å². The van der Waals surface area contributed by atoms with E-state index in [1.165, 1.54) is 12.1 Å². The molecule has 0 aliphatic carbocycles. The summed E-state index contributed by atoms with van der Waals surface area (Å²) in [5.41, 5.74) is 2.73. The van der Waals surface area contributed by atoms with Crippen LogP contribution in [0.15, 0.2) is 48.7 Å². The fraction of sp³-hybridized carbons (Fsp3) is 0.414. The Morgan fingerprint density at radius 3 is 2.25 bits per heavy atom. The van der Waals surface area contributed by atoms with Gasteiger partial charge in [-0.15, -0.1) is 0 Å². The molecule has 6 nitrogen and oxygen atoms in total. The molecule has 3 aromatic rings. The first-order valence-electron chi connectivity index (χ1n) is 13.0. The number of Topliss-reactive ketones (excluding diaryl/α,β-unsaturated/α-hetero) is 1. The van der Waals surface area contributed by atoms with E-state index in [-0.39, 0.29) is 11.7 Å². The number of hydrogen-bond acceptors (Lipinski definition) is 3. The first-order chi connectivity index (χ1) is 17.5. The number of amides is 2. The third-order valence-electron chi connectivity index (χ3n) is 7.60. The lowest BCUT2D eigenvalue weighted by molar-refractivity contribution is -0.126. The second kappa shape index (κ2) is 10.6. The summed E-state index contributed by atoms with van der Waals surface area (Å²) in [6.07, 6.45) is 8.38. The van der Waals surface area contributed by atoms with E-state index in [1.54, 1.807) is 29.3 Å². The smallest absolute Gasteiger partial charge is 0.294 e. The van der Waals surface area contributed by atoms with Gasteiger partial charge in [0.15, 0.2) is 0 Å². The lowest BCUT2D eigenvalue weighted by atomic mass is 9.90. The first kappa shape index (κ1) is 24.2. The molecule has 2 aliphatic rings. The molecule has 2 fully saturated rings. The fourth-order valence-electron chi connectivity index (χ4n) is 5.44. The molecule has 7 heteroatoms. The minimum absolute atomic E-state index is 0.0649. The molecule has 2 amide bonds. The van der Waals surface area contributed by atoms with Crippen LogP contribution in [0.5, 0.6) is 0 Å². The number of halogens is 1. The van der Waals surface area contributed by atoms with E-state index in [1.807, 2.05) is 17.0 Å². The Balaban J connectivity index is 1.26. The second-order valence-corrected chi connectivity index (χ2v) is 10.1. The van der Waals surface area contributed by atoms with Crippen LogP contribution in [0.2, 0.25) is 0 Å². The molecular weight excluding hydrogens is 457 g/mol. The summed E-state index contributed by atoms with van der Waals surface area (Å²) in [6, 6.07) is 11.7. The van der Waals surface area contributed by atoms with Crippen molar-refractivity contribution in [3.8, 4) is 0 Å². The third kappa shape index (κ3) is 5.20. The number of carbonyl (C=O) groups is 3. The zero-order chi connectivity index (χ0) is 25.1. The number of piperidine rings is 1. The number of rotatable bonds is 5. The topological polar surface area (TPSA) is 73.5 Å². The molecule has 0 radical (unpaired) electrons. The largest absolute Gasteiger partial charge is 0.360 e. The zero-order valence-electron chi connectivity index (χ0n) is 20.5. The maximum Gasteiger partial charge on any atom is 0.294 e. The number of aromatic nitrogens is 1. The number of likely N-dealkylation sites (tertiary alicyclic amines) is 2. The lowest BCUT2D eigenvalue weighted by Gasteiger charge is -2.32. The highest BCUT2D eigenvalue weighted by Gasteiger charge is 2.27. The molecule has 0 bridgehead atoms. The molecule has 0 unspecified atom stereocenters. The van der Waals surface area contributed by atoms with Crippen LogP contribution in [-0.2, 0) is 11.2 Å². The Labute approximate surface area is 210 Å². The highest BCUT2D eigenvalue weighted by molar-refractivity contribution is 6.43. The van der Waals surface area contributed by atoms with E-state index in [9.17, 15) is 18.8 Å². The van der Waals surface area contributed by atoms with Crippen LogP contribution in [0.4, 0.5) is 4.39 Å². The number of hydrogen-bond donors (Lipinski definition) is 1. The molecule has 36 heavy (non-hydrogen) atoms. The SMILES string of the molecule is O=C(C(=O)N1CCCCCC1)c1ccc2[nH]cc(C(=O)N3CCC(Cc4ccc(F)cc4)CC3)c2c1. The van der Waals surface area contributed by atoms with Gasteiger partial charge in [0.25, 0.3) is 11.8 Å². The number of aromatic amines is 1. The minimum atomic E-state index is -0.514. The van der Waals surface area contributed by atoms with Gasteiger partial charge in [0.05, 0.1) is 5.56 Å². The average Bonchev–Trinajstić information content (AvgIpc) is 3.13. The Kier molecular flexibility index (Phi) is 7.16. The van der Waals surface area contributed by atoms with Gasteiger partial charge in [-0.2, -0.15) is 0 Å². The Bertz CT molecular complexity index is 1250. The van der Waals surface area contributed by atoms with Gasteiger partial charge in [0.2, 0.25) is 5.78 Å². The summed E-state index contributed by atoms with van der Waals surface area (Å²) in [6.45, 7) is 2.56. The first-order valence-corrected chi connectivity index (χ1v) is 13.0. The Morgan fingerprint density at radius 2 is 1.56 bits per heavy atom. The van der Waals surface area contributed by atoms with Gasteiger partial charge in [0, 0.05) is 48.8 Å². The average molecular weight is 490 g/mol. The predicted molar refractivity (Wildman–Crippen MR) is 136 cm³/mol. The summed E-state index contributed by atoms with van der Waals surface area (Å²) >= 11 is 0. The van der Waals surface area contributed by atoms with E-state index in [0.29, 0.717) is 48.6 Å². The minimum Gasteiger partial charge on any atom is -0.360 e. The van der Waals surface area contributed by atoms with E-state index < -0.39 is 11.7 Å². The number of nitrogens with zero attached hydrogens (tertiary/aromatic N) is 2. The van der Waals surface area contributed by atoms with Gasteiger partial charge in [0.1, 0.15) is 5.82 Å². The van der Waals surface area contributed by atoms with Crippen molar-refractivity contribution in [3.05, 3.63) is 71.2 Å². The monoisotopic (exact) mass is 489 g/mol. The van der Waals surface area contributed by atoms with Crippen molar-refractivity contribution in [3.63, 3.8) is 0 Å². The molecular formula is C29H32FN3O3. The zero-order valence-corrected chi connectivity index (χ0v) is 20.5. The summed E-state index contributed by atoms with van der Waals surface area (Å²) < 4.78 is 13.2. The van der Waals surface area contributed by atoms with Gasteiger partial charge in [-0.3, -0.25) is 14.4 Å². The molecule has 0 spiro atoms. The van der Waals surface area contributed by atoms with Crippen LogP contribution in [0.25, 0.3) is 10.9 Å². The van der Waals surface area contributed by atoms with Crippen molar-refractivity contribution in [1.82, 2.24) is 14.8 Å². The van der Waals surface area contributed by atoms with Crippen LogP contribution in [-0.4, -0.2) is 58.6 Å². The molecule has 1 N–H and O–H groups in total. The van der Waals surface area contributed by atoms with Crippen molar-refractivity contribution in [2.45, 2.75) is 44.9 Å². The van der Waals surface area contributed by atoms with Crippen molar-refractivity contribution < 1.29 is 18.8 Å². The summed E-state index contributed by atoms with van der Waals surface area (Å²) in [4.78, 5) is 45.9. The summed E-state index contributed by atoms with van der Waals surface area (Å²) in [7, 11) is 0. The number of fused-ring (bicyclic) bond motifs is 1. The van der Waals surface area contributed by atoms with Crippen LogP contribution in [0.1, 0.15) is 64.8 Å². The molecule has 0 saturated carbocycles. The quantitative estimate of drug-likeness (QED) is 0.406. The van der Waals surface area contributed by atoms with Crippen molar-refractivity contribution in [2.75, 3.05) is 26.2 Å². The van der Waals surface area contributed by atoms with Crippen LogP contribution in [0.3, 0.4) is 0 Å². The molecule has 2 saturated heterocycles. The standard InChI is InChI=1S/C29H32FN3O3/c30-23-8-5-20(6-9-23)17-21-11-15-33(16-12-21)28(35)25-19-31-26-10-7-22(18-24(25)26)27(34)29(36)32-13-3-1-2-4-14-32/h5-10,18-19,21,31H,1-4,11-17H2. The van der Waals surface area contributed by atoms with Crippen LogP contribution < -0.4 is 0 Å². The molecule has 3 heterocycles.